The van der Waals surface area contributed by atoms with Crippen LogP contribution in [0.25, 0.3) is 5.65 Å². The van der Waals surface area contributed by atoms with E-state index in [1.807, 2.05) is 43.6 Å². The van der Waals surface area contributed by atoms with E-state index in [0.717, 1.165) is 21.4 Å². The molecule has 0 aliphatic carbocycles. The summed E-state index contributed by atoms with van der Waals surface area (Å²) >= 11 is 3.41. The zero-order valence-electron chi connectivity index (χ0n) is 10.3. The zero-order chi connectivity index (χ0) is 13.2. The van der Waals surface area contributed by atoms with E-state index >= 15 is 0 Å². The molecule has 0 unspecified atom stereocenters. The first-order valence-electron chi connectivity index (χ1n) is 5.88. The number of halogens is 1. The van der Waals surface area contributed by atoms with Gasteiger partial charge in [-0.1, -0.05) is 6.07 Å². The van der Waals surface area contributed by atoms with Gasteiger partial charge in [0.25, 0.3) is 0 Å². The molecule has 0 spiro atoms. The highest BCUT2D eigenvalue weighted by molar-refractivity contribution is 9.10. The second kappa shape index (κ2) is 4.97. The van der Waals surface area contributed by atoms with Crippen LogP contribution in [0.3, 0.4) is 0 Å². The molecule has 3 rings (SSSR count). The summed E-state index contributed by atoms with van der Waals surface area (Å²) in [6, 6.07) is 7.89. The average Bonchev–Trinajstić information content (AvgIpc) is 2.80. The number of hydrogen-bond donors (Lipinski definition) is 1. The molecule has 0 amide bonds. The Morgan fingerprint density at radius 3 is 2.95 bits per heavy atom. The minimum absolute atomic E-state index is 0.610. The molecular formula is C13H12BrN5. The summed E-state index contributed by atoms with van der Waals surface area (Å²) in [6.07, 6.45) is 3.73. The summed E-state index contributed by atoms with van der Waals surface area (Å²) in [5.41, 5.74) is 2.93. The molecule has 0 atom stereocenters. The molecule has 0 saturated carbocycles. The van der Waals surface area contributed by atoms with E-state index in [1.165, 1.54) is 0 Å². The topological polar surface area (TPSA) is 55.1 Å². The van der Waals surface area contributed by atoms with Crippen LogP contribution in [0, 0.1) is 6.92 Å². The highest BCUT2D eigenvalue weighted by atomic mass is 79.9. The molecule has 0 aromatic carbocycles. The molecule has 0 bridgehead atoms. The average molecular weight is 318 g/mol. The SMILES string of the molecule is Cc1ccc(CNc2nc3ccc(Br)cn3n2)cn1. The van der Waals surface area contributed by atoms with Crippen LogP contribution in [0.2, 0.25) is 0 Å². The van der Waals surface area contributed by atoms with Crippen molar-refractivity contribution in [1.82, 2.24) is 19.6 Å². The molecule has 3 aromatic rings. The van der Waals surface area contributed by atoms with Crippen molar-refractivity contribution in [3.63, 3.8) is 0 Å². The Bertz CT molecular complexity index is 705. The van der Waals surface area contributed by atoms with E-state index < -0.39 is 0 Å². The van der Waals surface area contributed by atoms with Crippen LogP contribution in [-0.2, 0) is 6.54 Å². The molecule has 0 radical (unpaired) electrons. The van der Waals surface area contributed by atoms with Crippen molar-refractivity contribution < 1.29 is 0 Å². The molecule has 0 saturated heterocycles. The van der Waals surface area contributed by atoms with Gasteiger partial charge in [0.15, 0.2) is 5.65 Å². The second-order valence-corrected chi connectivity index (χ2v) is 5.16. The Hall–Kier alpha value is -1.95. The first-order valence-corrected chi connectivity index (χ1v) is 6.67. The van der Waals surface area contributed by atoms with Gasteiger partial charge < -0.3 is 5.32 Å². The van der Waals surface area contributed by atoms with E-state index in [2.05, 4.69) is 36.3 Å². The van der Waals surface area contributed by atoms with E-state index in [0.29, 0.717) is 12.5 Å². The van der Waals surface area contributed by atoms with Crippen molar-refractivity contribution in [2.75, 3.05) is 5.32 Å². The molecule has 3 heterocycles. The van der Waals surface area contributed by atoms with Gasteiger partial charge in [0.05, 0.1) is 0 Å². The molecule has 96 valence electrons. The first-order chi connectivity index (χ1) is 9.20. The van der Waals surface area contributed by atoms with E-state index in [1.54, 1.807) is 4.52 Å². The molecule has 1 N–H and O–H groups in total. The van der Waals surface area contributed by atoms with Crippen molar-refractivity contribution in [2.45, 2.75) is 13.5 Å². The monoisotopic (exact) mass is 317 g/mol. The molecule has 0 aliphatic heterocycles. The fourth-order valence-electron chi connectivity index (χ4n) is 1.72. The highest BCUT2D eigenvalue weighted by Gasteiger charge is 2.03. The van der Waals surface area contributed by atoms with Crippen LogP contribution < -0.4 is 5.32 Å². The van der Waals surface area contributed by atoms with Crippen LogP contribution in [0.5, 0.6) is 0 Å². The van der Waals surface area contributed by atoms with Crippen LogP contribution in [0.15, 0.2) is 41.1 Å². The smallest absolute Gasteiger partial charge is 0.243 e. The first kappa shape index (κ1) is 12.1. The third kappa shape index (κ3) is 2.73. The van der Waals surface area contributed by atoms with Gasteiger partial charge in [-0.25, -0.2) is 4.52 Å². The van der Waals surface area contributed by atoms with Gasteiger partial charge in [-0.2, -0.15) is 4.98 Å². The number of aryl methyl sites for hydroxylation is 1. The Labute approximate surface area is 118 Å². The maximum absolute atomic E-state index is 4.39. The molecule has 3 aromatic heterocycles. The number of pyridine rings is 2. The fourth-order valence-corrected chi connectivity index (χ4v) is 2.04. The van der Waals surface area contributed by atoms with E-state index in [9.17, 15) is 0 Å². The lowest BCUT2D eigenvalue weighted by Gasteiger charge is -2.01. The molecular weight excluding hydrogens is 306 g/mol. The van der Waals surface area contributed by atoms with Crippen molar-refractivity contribution in [3.05, 3.63) is 52.4 Å². The summed E-state index contributed by atoms with van der Waals surface area (Å²) in [5, 5.41) is 7.54. The predicted octanol–water partition coefficient (Wildman–Crippen LogP) is 2.81. The van der Waals surface area contributed by atoms with Gasteiger partial charge in [0.2, 0.25) is 5.95 Å². The fraction of sp³-hybridized carbons (Fsp3) is 0.154. The van der Waals surface area contributed by atoms with Gasteiger partial charge in [-0.15, -0.1) is 5.10 Å². The Morgan fingerprint density at radius 2 is 2.16 bits per heavy atom. The third-order valence-electron chi connectivity index (χ3n) is 2.72. The second-order valence-electron chi connectivity index (χ2n) is 4.25. The molecule has 0 fully saturated rings. The minimum Gasteiger partial charge on any atom is -0.349 e. The van der Waals surface area contributed by atoms with E-state index in [4.69, 9.17) is 0 Å². The summed E-state index contributed by atoms with van der Waals surface area (Å²) in [4.78, 5) is 8.64. The number of anilines is 1. The van der Waals surface area contributed by atoms with Crippen LogP contribution in [-0.4, -0.2) is 19.6 Å². The van der Waals surface area contributed by atoms with Crippen LogP contribution in [0.1, 0.15) is 11.3 Å². The lowest BCUT2D eigenvalue weighted by Crippen LogP contribution is -2.01. The van der Waals surface area contributed by atoms with Crippen molar-refractivity contribution in [1.29, 1.82) is 0 Å². The van der Waals surface area contributed by atoms with Gasteiger partial charge in [-0.3, -0.25) is 4.98 Å². The Kier molecular flexibility index (Phi) is 3.16. The molecule has 6 heteroatoms. The number of hydrogen-bond acceptors (Lipinski definition) is 4. The molecule has 5 nitrogen and oxygen atoms in total. The predicted molar refractivity (Wildman–Crippen MR) is 77.0 cm³/mol. The maximum atomic E-state index is 4.39. The largest absolute Gasteiger partial charge is 0.349 e. The quantitative estimate of drug-likeness (QED) is 0.807. The van der Waals surface area contributed by atoms with Gasteiger partial charge in [-0.05, 0) is 46.6 Å². The number of fused-ring (bicyclic) bond motifs is 1. The van der Waals surface area contributed by atoms with Gasteiger partial charge >= 0.3 is 0 Å². The number of rotatable bonds is 3. The summed E-state index contributed by atoms with van der Waals surface area (Å²) in [7, 11) is 0. The number of nitrogens with zero attached hydrogens (tertiary/aromatic N) is 4. The van der Waals surface area contributed by atoms with Gasteiger partial charge in [0, 0.05) is 29.1 Å². The molecule has 19 heavy (non-hydrogen) atoms. The Morgan fingerprint density at radius 1 is 1.26 bits per heavy atom. The van der Waals surface area contributed by atoms with E-state index in [-0.39, 0.29) is 0 Å². The third-order valence-corrected chi connectivity index (χ3v) is 3.19. The van der Waals surface area contributed by atoms with Crippen molar-refractivity contribution >= 4 is 27.5 Å². The number of nitrogens with one attached hydrogen (secondary N) is 1. The normalized spacial score (nSPS) is 10.8. The molecule has 0 aliphatic rings. The number of aromatic nitrogens is 4. The lowest BCUT2D eigenvalue weighted by atomic mass is 10.2. The summed E-state index contributed by atoms with van der Waals surface area (Å²) < 4.78 is 2.71. The standard InChI is InChI=1S/C13H12BrN5/c1-9-2-3-10(6-15-9)7-16-13-17-12-5-4-11(14)8-19(12)18-13/h2-6,8H,7H2,1H3,(H,16,18). The van der Waals surface area contributed by atoms with Gasteiger partial charge in [0.1, 0.15) is 0 Å². The van der Waals surface area contributed by atoms with Crippen molar-refractivity contribution in [3.8, 4) is 0 Å². The Balaban J connectivity index is 1.76. The van der Waals surface area contributed by atoms with Crippen LogP contribution in [0.4, 0.5) is 5.95 Å². The van der Waals surface area contributed by atoms with Crippen molar-refractivity contribution in [2.24, 2.45) is 0 Å². The maximum Gasteiger partial charge on any atom is 0.243 e. The minimum atomic E-state index is 0.610. The highest BCUT2D eigenvalue weighted by Crippen LogP contribution is 2.12. The summed E-state index contributed by atoms with van der Waals surface area (Å²) in [6.45, 7) is 2.63. The summed E-state index contributed by atoms with van der Waals surface area (Å²) in [5.74, 6) is 0.610. The van der Waals surface area contributed by atoms with Crippen LogP contribution >= 0.6 is 15.9 Å². The lowest BCUT2D eigenvalue weighted by molar-refractivity contribution is 0.944. The zero-order valence-corrected chi connectivity index (χ0v) is 11.9.